The first-order valence-corrected chi connectivity index (χ1v) is 10.3. The molecule has 1 aliphatic heterocycles. The van der Waals surface area contributed by atoms with Crippen LogP contribution >= 0.6 is 0 Å². The zero-order valence-electron chi connectivity index (χ0n) is 18.0. The maximum atomic E-state index is 13.0. The van der Waals surface area contributed by atoms with Crippen LogP contribution in [0, 0.1) is 0 Å². The summed E-state index contributed by atoms with van der Waals surface area (Å²) in [4.78, 5) is 30.3. The lowest BCUT2D eigenvalue weighted by Gasteiger charge is -2.32. The minimum Gasteiger partial charge on any atom is -0.489 e. The molecule has 0 aliphatic carbocycles. The van der Waals surface area contributed by atoms with Crippen molar-refractivity contribution in [1.29, 1.82) is 0 Å². The number of carbonyl (C=O) groups excluding carboxylic acids is 2. The fourth-order valence-electron chi connectivity index (χ4n) is 3.43. The van der Waals surface area contributed by atoms with Crippen LogP contribution in [-0.2, 0) is 4.79 Å². The van der Waals surface area contributed by atoms with Crippen LogP contribution in [0.2, 0.25) is 0 Å². The van der Waals surface area contributed by atoms with E-state index in [9.17, 15) is 22.8 Å². The number of fused-ring (bicyclic) bond motifs is 1. The SMILES string of the molecule is NC(=O)COc1cccnc1N1CCOc2c(C(=O)Nc3ccc(OC(F)(F)F)cc3)cccc21. The largest absolute Gasteiger partial charge is 0.573 e. The number of nitrogens with one attached hydrogen (secondary N) is 1. The fraction of sp³-hybridized carbons (Fsp3) is 0.174. The van der Waals surface area contributed by atoms with Gasteiger partial charge in [0.05, 0.1) is 17.8 Å². The van der Waals surface area contributed by atoms with Gasteiger partial charge in [0.2, 0.25) is 0 Å². The second kappa shape index (κ2) is 9.79. The van der Waals surface area contributed by atoms with Crippen LogP contribution in [0.25, 0.3) is 0 Å². The Morgan fingerprint density at radius 1 is 1.11 bits per heavy atom. The van der Waals surface area contributed by atoms with Crippen molar-refractivity contribution in [3.8, 4) is 17.2 Å². The number of anilines is 3. The standard InChI is InChI=1S/C23H19F3N4O5/c24-23(25,26)35-15-8-6-14(7-9-15)29-22(32)16-3-1-4-17-20(16)33-12-11-30(17)21-18(5-2-10-28-21)34-13-19(27)31/h1-10H,11-13H2,(H2,27,31)(H,29,32). The second-order valence-corrected chi connectivity index (χ2v) is 7.26. The number of hydrogen-bond donors (Lipinski definition) is 2. The van der Waals surface area contributed by atoms with Gasteiger partial charge in [-0.25, -0.2) is 4.98 Å². The predicted octanol–water partition coefficient (Wildman–Crippen LogP) is 3.63. The number of para-hydroxylation sites is 1. The lowest BCUT2D eigenvalue weighted by molar-refractivity contribution is -0.274. The van der Waals surface area contributed by atoms with E-state index in [2.05, 4.69) is 15.0 Å². The van der Waals surface area contributed by atoms with Gasteiger partial charge in [0.25, 0.3) is 11.8 Å². The Hall–Kier alpha value is -4.48. The van der Waals surface area contributed by atoms with Gasteiger partial charge < -0.3 is 30.2 Å². The summed E-state index contributed by atoms with van der Waals surface area (Å²) < 4.78 is 52.2. The van der Waals surface area contributed by atoms with E-state index in [0.717, 1.165) is 12.1 Å². The van der Waals surface area contributed by atoms with E-state index in [1.54, 1.807) is 41.4 Å². The highest BCUT2D eigenvalue weighted by Crippen LogP contribution is 2.41. The van der Waals surface area contributed by atoms with Crippen molar-refractivity contribution in [2.45, 2.75) is 6.36 Å². The number of primary amides is 1. The zero-order valence-corrected chi connectivity index (χ0v) is 18.0. The summed E-state index contributed by atoms with van der Waals surface area (Å²) in [6.07, 6.45) is -3.25. The zero-order chi connectivity index (χ0) is 25.0. The average molecular weight is 488 g/mol. The summed E-state index contributed by atoms with van der Waals surface area (Å²) in [5.41, 5.74) is 6.19. The minimum absolute atomic E-state index is 0.207. The van der Waals surface area contributed by atoms with E-state index in [1.807, 2.05) is 0 Å². The van der Waals surface area contributed by atoms with Gasteiger partial charge in [0.1, 0.15) is 12.4 Å². The van der Waals surface area contributed by atoms with Crippen molar-refractivity contribution in [3.05, 3.63) is 66.4 Å². The molecule has 0 radical (unpaired) electrons. The number of amides is 2. The van der Waals surface area contributed by atoms with E-state index < -0.39 is 23.9 Å². The molecule has 0 bridgehead atoms. The number of carbonyl (C=O) groups is 2. The van der Waals surface area contributed by atoms with Gasteiger partial charge >= 0.3 is 6.36 Å². The van der Waals surface area contributed by atoms with Crippen molar-refractivity contribution < 1.29 is 37.0 Å². The number of hydrogen-bond acceptors (Lipinski definition) is 7. The van der Waals surface area contributed by atoms with Crippen LogP contribution in [0.5, 0.6) is 17.2 Å². The van der Waals surface area contributed by atoms with Crippen LogP contribution in [0.4, 0.5) is 30.4 Å². The third-order valence-electron chi connectivity index (χ3n) is 4.81. The normalized spacial score (nSPS) is 12.8. The van der Waals surface area contributed by atoms with Gasteiger partial charge in [0.15, 0.2) is 23.9 Å². The molecular formula is C23H19F3N4O5. The van der Waals surface area contributed by atoms with Crippen molar-refractivity contribution in [3.63, 3.8) is 0 Å². The van der Waals surface area contributed by atoms with E-state index in [1.165, 1.54) is 12.1 Å². The molecule has 182 valence electrons. The van der Waals surface area contributed by atoms with Gasteiger partial charge in [0, 0.05) is 11.9 Å². The number of benzene rings is 2. The van der Waals surface area contributed by atoms with E-state index >= 15 is 0 Å². The van der Waals surface area contributed by atoms with Gasteiger partial charge in [-0.05, 0) is 48.5 Å². The van der Waals surface area contributed by atoms with E-state index in [0.29, 0.717) is 29.5 Å². The molecule has 4 rings (SSSR count). The molecule has 3 N–H and O–H groups in total. The highest BCUT2D eigenvalue weighted by atomic mass is 19.4. The molecule has 3 aromatic rings. The predicted molar refractivity (Wildman–Crippen MR) is 119 cm³/mol. The van der Waals surface area contributed by atoms with Crippen LogP contribution in [0.15, 0.2) is 60.8 Å². The third-order valence-corrected chi connectivity index (χ3v) is 4.81. The fourth-order valence-corrected chi connectivity index (χ4v) is 3.43. The first-order chi connectivity index (χ1) is 16.7. The number of alkyl halides is 3. The summed E-state index contributed by atoms with van der Waals surface area (Å²) in [5, 5.41) is 2.63. The second-order valence-electron chi connectivity index (χ2n) is 7.26. The first kappa shape index (κ1) is 23.7. The minimum atomic E-state index is -4.81. The molecule has 0 spiro atoms. The summed E-state index contributed by atoms with van der Waals surface area (Å²) in [5.74, 6) is -0.541. The van der Waals surface area contributed by atoms with Gasteiger partial charge in [-0.2, -0.15) is 0 Å². The van der Waals surface area contributed by atoms with Gasteiger partial charge in [-0.15, -0.1) is 13.2 Å². The molecule has 0 unspecified atom stereocenters. The molecule has 0 saturated heterocycles. The van der Waals surface area contributed by atoms with Crippen LogP contribution in [0.3, 0.4) is 0 Å². The van der Waals surface area contributed by atoms with Crippen LogP contribution in [0.1, 0.15) is 10.4 Å². The van der Waals surface area contributed by atoms with E-state index in [4.69, 9.17) is 15.2 Å². The molecule has 1 aromatic heterocycles. The molecule has 0 fully saturated rings. The summed E-state index contributed by atoms with van der Waals surface area (Å²) >= 11 is 0. The number of nitrogens with two attached hydrogens (primary N) is 1. The summed E-state index contributed by atoms with van der Waals surface area (Å²) in [6.45, 7) is 0.292. The summed E-state index contributed by atoms with van der Waals surface area (Å²) in [7, 11) is 0. The Morgan fingerprint density at radius 3 is 2.60 bits per heavy atom. The van der Waals surface area contributed by atoms with Crippen molar-refractivity contribution in [1.82, 2.24) is 4.98 Å². The maximum Gasteiger partial charge on any atom is 0.573 e. The van der Waals surface area contributed by atoms with Crippen molar-refractivity contribution >= 4 is 29.0 Å². The molecule has 0 atom stereocenters. The Bertz CT molecular complexity index is 1230. The Kier molecular flexibility index (Phi) is 6.62. The molecule has 2 amide bonds. The third kappa shape index (κ3) is 5.72. The van der Waals surface area contributed by atoms with Gasteiger partial charge in [-0.1, -0.05) is 6.07 Å². The van der Waals surface area contributed by atoms with Crippen LogP contribution < -0.4 is 30.2 Å². The average Bonchev–Trinajstić information content (AvgIpc) is 2.82. The monoisotopic (exact) mass is 488 g/mol. The molecule has 1 aliphatic rings. The molecule has 0 saturated carbocycles. The number of pyridine rings is 1. The molecule has 9 nitrogen and oxygen atoms in total. The Morgan fingerprint density at radius 2 is 1.89 bits per heavy atom. The number of rotatable bonds is 7. The molecule has 35 heavy (non-hydrogen) atoms. The molecular weight excluding hydrogens is 469 g/mol. The van der Waals surface area contributed by atoms with Crippen molar-refractivity contribution in [2.24, 2.45) is 5.73 Å². The van der Waals surface area contributed by atoms with Crippen LogP contribution in [-0.4, -0.2) is 42.9 Å². The Labute approximate surface area is 197 Å². The lowest BCUT2D eigenvalue weighted by atomic mass is 10.1. The summed E-state index contributed by atoms with van der Waals surface area (Å²) in [6, 6.07) is 13.0. The number of halogens is 3. The molecule has 12 heteroatoms. The van der Waals surface area contributed by atoms with Crippen molar-refractivity contribution in [2.75, 3.05) is 30.0 Å². The lowest BCUT2D eigenvalue weighted by Crippen LogP contribution is -2.31. The highest BCUT2D eigenvalue weighted by molar-refractivity contribution is 6.07. The quantitative estimate of drug-likeness (QED) is 0.522. The highest BCUT2D eigenvalue weighted by Gasteiger charge is 2.31. The Balaban J connectivity index is 1.58. The van der Waals surface area contributed by atoms with E-state index in [-0.39, 0.29) is 24.5 Å². The molecule has 2 aromatic carbocycles. The van der Waals surface area contributed by atoms with Gasteiger partial charge in [-0.3, -0.25) is 9.59 Å². The maximum absolute atomic E-state index is 13.0. The smallest absolute Gasteiger partial charge is 0.489 e. The number of ether oxygens (including phenoxy) is 3. The number of nitrogens with zero attached hydrogens (tertiary/aromatic N) is 2. The molecule has 2 heterocycles. The first-order valence-electron chi connectivity index (χ1n) is 10.3. The topological polar surface area (TPSA) is 116 Å². The number of aromatic nitrogens is 1.